The Morgan fingerprint density at radius 2 is 1.97 bits per heavy atom. The third-order valence-electron chi connectivity index (χ3n) is 5.21. The van der Waals surface area contributed by atoms with Crippen molar-refractivity contribution < 1.29 is 9.59 Å². The Balaban J connectivity index is 1.25. The normalized spacial score (nSPS) is 13.2. The topological polar surface area (TPSA) is 67.2 Å². The van der Waals surface area contributed by atoms with E-state index < -0.39 is 0 Å². The van der Waals surface area contributed by atoms with Crippen molar-refractivity contribution in [1.29, 1.82) is 0 Å². The van der Waals surface area contributed by atoms with Gasteiger partial charge in [-0.05, 0) is 40.6 Å². The average molecular weight is 409 g/mol. The fourth-order valence-electron chi connectivity index (χ4n) is 3.57. The summed E-state index contributed by atoms with van der Waals surface area (Å²) in [6, 6.07) is 12.0. The number of carbonyl (C=O) groups excluding carboxylic acids is 2. The van der Waals surface area contributed by atoms with E-state index in [1.54, 1.807) is 17.5 Å². The van der Waals surface area contributed by atoms with Crippen molar-refractivity contribution in [3.05, 3.63) is 75.7 Å². The van der Waals surface area contributed by atoms with E-state index in [0.717, 1.165) is 24.1 Å². The number of fused-ring (bicyclic) bond motifs is 1. The Morgan fingerprint density at radius 1 is 1.10 bits per heavy atom. The van der Waals surface area contributed by atoms with Crippen LogP contribution in [0.25, 0.3) is 0 Å². The van der Waals surface area contributed by atoms with Gasteiger partial charge in [-0.2, -0.15) is 5.10 Å². The highest BCUT2D eigenvalue weighted by molar-refractivity contribution is 7.10. The van der Waals surface area contributed by atoms with Gasteiger partial charge in [0.25, 0.3) is 0 Å². The molecule has 0 saturated heterocycles. The van der Waals surface area contributed by atoms with Gasteiger partial charge in [-0.1, -0.05) is 24.3 Å². The maximum absolute atomic E-state index is 12.5. The second-order valence-electron chi connectivity index (χ2n) is 7.18. The molecule has 3 aromatic rings. The quantitative estimate of drug-likeness (QED) is 0.654. The van der Waals surface area contributed by atoms with Crippen LogP contribution in [-0.2, 0) is 35.6 Å². The SMILES string of the molecule is O=C(CCC(=O)N1CCc2sccc2C1)NCc1ccccc1Cn1cccn1. The molecule has 0 saturated carbocycles. The molecule has 1 N–H and O–H groups in total. The van der Waals surface area contributed by atoms with Crippen molar-refractivity contribution in [1.82, 2.24) is 20.0 Å². The average Bonchev–Trinajstić information content (AvgIpc) is 3.42. The summed E-state index contributed by atoms with van der Waals surface area (Å²) in [5.41, 5.74) is 3.42. The molecule has 0 bridgehead atoms. The van der Waals surface area contributed by atoms with E-state index in [4.69, 9.17) is 0 Å². The molecule has 0 spiro atoms. The molecule has 0 radical (unpaired) electrons. The van der Waals surface area contributed by atoms with Crippen molar-refractivity contribution >= 4 is 23.2 Å². The Labute approximate surface area is 174 Å². The monoisotopic (exact) mass is 408 g/mol. The first-order valence-electron chi connectivity index (χ1n) is 9.83. The Hall–Kier alpha value is -2.93. The zero-order valence-corrected chi connectivity index (χ0v) is 17.0. The summed E-state index contributed by atoms with van der Waals surface area (Å²) in [6.45, 7) is 2.53. The molecule has 29 heavy (non-hydrogen) atoms. The number of benzene rings is 1. The molecule has 0 fully saturated rings. The van der Waals surface area contributed by atoms with Gasteiger partial charge in [0.1, 0.15) is 0 Å². The van der Waals surface area contributed by atoms with Crippen molar-refractivity contribution in [3.8, 4) is 0 Å². The molecule has 150 valence electrons. The van der Waals surface area contributed by atoms with E-state index in [-0.39, 0.29) is 24.7 Å². The minimum atomic E-state index is -0.0968. The van der Waals surface area contributed by atoms with Crippen LogP contribution < -0.4 is 5.32 Å². The van der Waals surface area contributed by atoms with Crippen LogP contribution in [0.2, 0.25) is 0 Å². The van der Waals surface area contributed by atoms with Crippen LogP contribution in [-0.4, -0.2) is 33.0 Å². The Kier molecular flexibility index (Phi) is 6.05. The molecule has 0 atom stereocenters. The molecule has 2 amide bonds. The summed E-state index contributed by atoms with van der Waals surface area (Å²) >= 11 is 1.76. The molecular weight excluding hydrogens is 384 g/mol. The molecular formula is C22H24N4O2S. The highest BCUT2D eigenvalue weighted by atomic mass is 32.1. The van der Waals surface area contributed by atoms with Crippen LogP contribution in [0.1, 0.15) is 34.4 Å². The molecule has 1 aromatic carbocycles. The van der Waals surface area contributed by atoms with E-state index in [9.17, 15) is 9.59 Å². The van der Waals surface area contributed by atoms with Gasteiger partial charge < -0.3 is 10.2 Å². The minimum absolute atomic E-state index is 0.0519. The van der Waals surface area contributed by atoms with Crippen molar-refractivity contribution in [2.45, 2.75) is 38.9 Å². The minimum Gasteiger partial charge on any atom is -0.352 e. The maximum atomic E-state index is 12.5. The van der Waals surface area contributed by atoms with Crippen LogP contribution in [0.5, 0.6) is 0 Å². The summed E-state index contributed by atoms with van der Waals surface area (Å²) in [4.78, 5) is 28.0. The Morgan fingerprint density at radius 3 is 2.79 bits per heavy atom. The molecule has 1 aliphatic heterocycles. The fraction of sp³-hybridized carbons (Fsp3) is 0.318. The smallest absolute Gasteiger partial charge is 0.223 e. The number of amides is 2. The molecule has 3 heterocycles. The van der Waals surface area contributed by atoms with E-state index in [0.29, 0.717) is 19.6 Å². The Bertz CT molecular complexity index is 980. The first kappa shape index (κ1) is 19.4. The van der Waals surface area contributed by atoms with Crippen LogP contribution in [0.15, 0.2) is 54.2 Å². The van der Waals surface area contributed by atoms with E-state index >= 15 is 0 Å². The number of carbonyl (C=O) groups is 2. The van der Waals surface area contributed by atoms with Gasteiger partial charge in [0.2, 0.25) is 11.8 Å². The standard InChI is InChI=1S/C22H24N4O2S/c27-21(6-7-22(28)25-12-8-20-19(15-25)9-13-29-20)23-14-17-4-1-2-5-18(17)16-26-11-3-10-24-26/h1-5,9-11,13H,6-8,12,14-16H2,(H,23,27). The van der Waals surface area contributed by atoms with Gasteiger partial charge in [0, 0.05) is 49.7 Å². The highest BCUT2D eigenvalue weighted by Gasteiger charge is 2.21. The molecule has 0 unspecified atom stereocenters. The van der Waals surface area contributed by atoms with Crippen molar-refractivity contribution in [2.75, 3.05) is 6.54 Å². The summed E-state index contributed by atoms with van der Waals surface area (Å²) in [5.74, 6) is -0.0449. The lowest BCUT2D eigenvalue weighted by atomic mass is 10.1. The number of nitrogens with zero attached hydrogens (tertiary/aromatic N) is 3. The van der Waals surface area contributed by atoms with Crippen LogP contribution in [0.4, 0.5) is 0 Å². The number of hydrogen-bond acceptors (Lipinski definition) is 4. The lowest BCUT2D eigenvalue weighted by Crippen LogP contribution is -2.36. The van der Waals surface area contributed by atoms with Crippen molar-refractivity contribution in [3.63, 3.8) is 0 Å². The van der Waals surface area contributed by atoms with Gasteiger partial charge in [0.05, 0.1) is 6.54 Å². The van der Waals surface area contributed by atoms with Crippen molar-refractivity contribution in [2.24, 2.45) is 0 Å². The maximum Gasteiger partial charge on any atom is 0.223 e. The van der Waals surface area contributed by atoms with Gasteiger partial charge in [-0.3, -0.25) is 14.3 Å². The zero-order valence-electron chi connectivity index (χ0n) is 16.2. The van der Waals surface area contributed by atoms with E-state index in [2.05, 4.69) is 21.9 Å². The van der Waals surface area contributed by atoms with Gasteiger partial charge in [0.15, 0.2) is 0 Å². The lowest BCUT2D eigenvalue weighted by Gasteiger charge is -2.27. The number of rotatable bonds is 7. The fourth-order valence-corrected chi connectivity index (χ4v) is 4.46. The lowest BCUT2D eigenvalue weighted by molar-refractivity contribution is -0.134. The molecule has 4 rings (SSSR count). The highest BCUT2D eigenvalue weighted by Crippen LogP contribution is 2.24. The molecule has 0 aliphatic carbocycles. The number of thiophene rings is 1. The summed E-state index contributed by atoms with van der Waals surface area (Å²) in [7, 11) is 0. The largest absolute Gasteiger partial charge is 0.352 e. The number of aromatic nitrogens is 2. The van der Waals surface area contributed by atoms with E-state index in [1.807, 2.05) is 46.1 Å². The van der Waals surface area contributed by atoms with E-state index in [1.165, 1.54) is 10.4 Å². The summed E-state index contributed by atoms with van der Waals surface area (Å²) in [5, 5.41) is 9.27. The van der Waals surface area contributed by atoms with Gasteiger partial charge in [-0.15, -0.1) is 11.3 Å². The van der Waals surface area contributed by atoms with Gasteiger partial charge >= 0.3 is 0 Å². The number of hydrogen-bond donors (Lipinski definition) is 1. The summed E-state index contributed by atoms with van der Waals surface area (Å²) in [6.07, 6.45) is 5.05. The molecule has 6 nitrogen and oxygen atoms in total. The van der Waals surface area contributed by atoms with Gasteiger partial charge in [-0.25, -0.2) is 0 Å². The van der Waals surface area contributed by atoms with Crippen LogP contribution in [0.3, 0.4) is 0 Å². The van der Waals surface area contributed by atoms with Crippen LogP contribution >= 0.6 is 11.3 Å². The molecule has 1 aliphatic rings. The predicted molar refractivity (Wildman–Crippen MR) is 112 cm³/mol. The first-order chi connectivity index (χ1) is 14.2. The molecule has 2 aromatic heterocycles. The second kappa shape index (κ2) is 9.05. The first-order valence-corrected chi connectivity index (χ1v) is 10.7. The predicted octanol–water partition coefficient (Wildman–Crippen LogP) is 2.97. The second-order valence-corrected chi connectivity index (χ2v) is 8.18. The third-order valence-corrected chi connectivity index (χ3v) is 6.24. The third kappa shape index (κ3) is 4.92. The zero-order chi connectivity index (χ0) is 20.1. The molecule has 7 heteroatoms. The van der Waals surface area contributed by atoms with Crippen LogP contribution in [0, 0.1) is 0 Å². The number of nitrogens with one attached hydrogen (secondary N) is 1. The summed E-state index contributed by atoms with van der Waals surface area (Å²) < 4.78 is 1.86.